The van der Waals surface area contributed by atoms with E-state index in [0.29, 0.717) is 10.9 Å². The van der Waals surface area contributed by atoms with Crippen molar-refractivity contribution in [2.45, 2.75) is 32.9 Å². The molecule has 24 heavy (non-hydrogen) atoms. The Labute approximate surface area is 137 Å². The fourth-order valence-corrected chi connectivity index (χ4v) is 2.17. The fourth-order valence-electron chi connectivity index (χ4n) is 2.17. The van der Waals surface area contributed by atoms with Crippen LogP contribution in [-0.4, -0.2) is 31.6 Å². The summed E-state index contributed by atoms with van der Waals surface area (Å²) in [6, 6.07) is 7.09. The van der Waals surface area contributed by atoms with Gasteiger partial charge in [0.2, 0.25) is 0 Å². The van der Waals surface area contributed by atoms with E-state index in [1.807, 2.05) is 19.9 Å². The van der Waals surface area contributed by atoms with Gasteiger partial charge >= 0.3 is 11.8 Å². The van der Waals surface area contributed by atoms with Gasteiger partial charge in [0.05, 0.1) is 23.8 Å². The summed E-state index contributed by atoms with van der Waals surface area (Å²) in [4.78, 5) is 32.6. The van der Waals surface area contributed by atoms with Gasteiger partial charge < -0.3 is 9.84 Å². The van der Waals surface area contributed by atoms with E-state index in [9.17, 15) is 9.59 Å². The van der Waals surface area contributed by atoms with E-state index in [2.05, 4.69) is 20.4 Å². The van der Waals surface area contributed by atoms with Crippen molar-refractivity contribution in [1.82, 2.24) is 25.0 Å². The van der Waals surface area contributed by atoms with Gasteiger partial charge in [-0.15, -0.1) is 0 Å². The monoisotopic (exact) mass is 327 g/mol. The molecule has 0 saturated heterocycles. The van der Waals surface area contributed by atoms with Crippen LogP contribution in [0.15, 0.2) is 39.9 Å². The molecule has 2 heterocycles. The lowest BCUT2D eigenvalue weighted by Gasteiger charge is -2.07. The summed E-state index contributed by atoms with van der Waals surface area (Å²) in [6.07, 6.45) is 2.23. The van der Waals surface area contributed by atoms with Crippen LogP contribution in [0.1, 0.15) is 36.8 Å². The third kappa shape index (κ3) is 3.17. The maximum atomic E-state index is 12.4. The van der Waals surface area contributed by atoms with Gasteiger partial charge in [0.25, 0.3) is 5.56 Å². The summed E-state index contributed by atoms with van der Waals surface area (Å²) in [6.45, 7) is 3.93. The Morgan fingerprint density at radius 3 is 2.96 bits per heavy atom. The second-order valence-electron chi connectivity index (χ2n) is 5.49. The Morgan fingerprint density at radius 1 is 1.38 bits per heavy atom. The number of benzene rings is 1. The first-order valence-electron chi connectivity index (χ1n) is 7.66. The smallest absolute Gasteiger partial charge is 0.316 e. The van der Waals surface area contributed by atoms with Gasteiger partial charge in [0.1, 0.15) is 0 Å². The second kappa shape index (κ2) is 6.61. The molecule has 2 aromatic heterocycles. The zero-order valence-corrected chi connectivity index (χ0v) is 13.4. The van der Waals surface area contributed by atoms with E-state index in [4.69, 9.17) is 4.52 Å². The average Bonchev–Trinajstić information content (AvgIpc) is 3.06. The first-order valence-corrected chi connectivity index (χ1v) is 7.66. The molecule has 3 rings (SSSR count). The molecule has 1 N–H and O–H groups in total. The summed E-state index contributed by atoms with van der Waals surface area (Å²) in [7, 11) is 0. The van der Waals surface area contributed by atoms with Gasteiger partial charge in [-0.05, 0) is 25.5 Å². The maximum Gasteiger partial charge on any atom is 0.316 e. The van der Waals surface area contributed by atoms with Gasteiger partial charge in [-0.2, -0.15) is 4.98 Å². The van der Waals surface area contributed by atoms with E-state index in [1.54, 1.807) is 18.2 Å². The van der Waals surface area contributed by atoms with Crippen LogP contribution in [0.5, 0.6) is 0 Å². The summed E-state index contributed by atoms with van der Waals surface area (Å²) in [5.41, 5.74) is 0.427. The molecule has 8 heteroatoms. The fraction of sp³-hybridized carbons (Fsp3) is 0.312. The number of aromatic nitrogens is 4. The molecule has 0 bridgehead atoms. The lowest BCUT2D eigenvalue weighted by molar-refractivity contribution is 0.0895. The van der Waals surface area contributed by atoms with Crippen LogP contribution in [0.25, 0.3) is 10.9 Å². The molecule has 0 aliphatic carbocycles. The standard InChI is InChI=1S/C16H17N5O3/c1-3-10(2)18-14(22)15-19-13(20-24-15)8-21-9-17-12-7-5-4-6-11(12)16(21)23/h4-7,9-10H,3,8H2,1-2H3,(H,18,22). The number of hydrogen-bond donors (Lipinski definition) is 1. The highest BCUT2D eigenvalue weighted by molar-refractivity contribution is 5.89. The Morgan fingerprint density at radius 2 is 2.17 bits per heavy atom. The summed E-state index contributed by atoms with van der Waals surface area (Å²) < 4.78 is 6.34. The number of amides is 1. The molecule has 124 valence electrons. The number of rotatable bonds is 5. The third-order valence-corrected chi connectivity index (χ3v) is 3.70. The van der Waals surface area contributed by atoms with Crippen LogP contribution in [-0.2, 0) is 6.54 Å². The Hall–Kier alpha value is -3.03. The lowest BCUT2D eigenvalue weighted by atomic mass is 10.2. The number of carbonyl (C=O) groups excluding carboxylic acids is 1. The van der Waals surface area contributed by atoms with Crippen molar-refractivity contribution in [3.63, 3.8) is 0 Å². The molecular weight excluding hydrogens is 310 g/mol. The van der Waals surface area contributed by atoms with E-state index < -0.39 is 5.91 Å². The van der Waals surface area contributed by atoms with Crippen molar-refractivity contribution in [3.8, 4) is 0 Å². The highest BCUT2D eigenvalue weighted by atomic mass is 16.5. The van der Waals surface area contributed by atoms with Crippen molar-refractivity contribution >= 4 is 16.8 Å². The minimum atomic E-state index is -0.424. The van der Waals surface area contributed by atoms with Crippen LogP contribution in [0.4, 0.5) is 0 Å². The third-order valence-electron chi connectivity index (χ3n) is 3.70. The summed E-state index contributed by atoms with van der Waals surface area (Å²) >= 11 is 0. The second-order valence-corrected chi connectivity index (χ2v) is 5.49. The van der Waals surface area contributed by atoms with Crippen LogP contribution < -0.4 is 10.9 Å². The van der Waals surface area contributed by atoms with Gasteiger partial charge in [-0.1, -0.05) is 24.2 Å². The van der Waals surface area contributed by atoms with Gasteiger partial charge in [0.15, 0.2) is 5.82 Å². The highest BCUT2D eigenvalue weighted by Crippen LogP contribution is 2.06. The summed E-state index contributed by atoms with van der Waals surface area (Å²) in [5.74, 6) is -0.303. The number of nitrogens with zero attached hydrogens (tertiary/aromatic N) is 4. The molecule has 0 spiro atoms. The van der Waals surface area contributed by atoms with Gasteiger partial charge in [0, 0.05) is 6.04 Å². The highest BCUT2D eigenvalue weighted by Gasteiger charge is 2.17. The molecule has 0 radical (unpaired) electrons. The molecule has 0 aliphatic heterocycles. The van der Waals surface area contributed by atoms with E-state index in [1.165, 1.54) is 10.9 Å². The molecule has 1 unspecified atom stereocenters. The largest absolute Gasteiger partial charge is 0.345 e. The maximum absolute atomic E-state index is 12.4. The number of hydrogen-bond acceptors (Lipinski definition) is 6. The Kier molecular flexibility index (Phi) is 4.37. The minimum absolute atomic E-state index is 0.0140. The molecule has 3 aromatic rings. The van der Waals surface area contributed by atoms with E-state index in [0.717, 1.165) is 6.42 Å². The minimum Gasteiger partial charge on any atom is -0.345 e. The van der Waals surface area contributed by atoms with Gasteiger partial charge in [-0.25, -0.2) is 4.98 Å². The number of nitrogens with one attached hydrogen (secondary N) is 1. The number of fused-ring (bicyclic) bond motifs is 1. The van der Waals surface area contributed by atoms with Crippen LogP contribution in [0, 0.1) is 0 Å². The topological polar surface area (TPSA) is 103 Å². The Balaban J connectivity index is 1.81. The van der Waals surface area contributed by atoms with Crippen molar-refractivity contribution in [1.29, 1.82) is 0 Å². The predicted octanol–water partition coefficient (Wildman–Crippen LogP) is 1.36. The molecular formula is C16H17N5O3. The molecule has 0 saturated carbocycles. The van der Waals surface area contributed by atoms with E-state index >= 15 is 0 Å². The lowest BCUT2D eigenvalue weighted by Crippen LogP contribution is -2.32. The van der Waals surface area contributed by atoms with Crippen molar-refractivity contribution in [3.05, 3.63) is 52.7 Å². The van der Waals surface area contributed by atoms with Crippen LogP contribution in [0.3, 0.4) is 0 Å². The SMILES string of the molecule is CCC(C)NC(=O)c1nc(Cn2cnc3ccccc3c2=O)no1. The molecule has 0 fully saturated rings. The van der Waals surface area contributed by atoms with Crippen LogP contribution in [0.2, 0.25) is 0 Å². The van der Waals surface area contributed by atoms with Crippen molar-refractivity contribution in [2.24, 2.45) is 0 Å². The van der Waals surface area contributed by atoms with Crippen molar-refractivity contribution < 1.29 is 9.32 Å². The number of para-hydroxylation sites is 1. The summed E-state index contributed by atoms with van der Waals surface area (Å²) in [5, 5.41) is 7.01. The molecule has 1 atom stereocenters. The molecule has 1 amide bonds. The normalized spacial score (nSPS) is 12.2. The molecule has 8 nitrogen and oxygen atoms in total. The van der Waals surface area contributed by atoms with E-state index in [-0.39, 0.29) is 29.9 Å². The number of carbonyl (C=O) groups is 1. The quantitative estimate of drug-likeness (QED) is 0.759. The van der Waals surface area contributed by atoms with Crippen LogP contribution >= 0.6 is 0 Å². The average molecular weight is 327 g/mol. The van der Waals surface area contributed by atoms with Gasteiger partial charge in [-0.3, -0.25) is 14.2 Å². The first-order chi connectivity index (χ1) is 11.6. The molecule has 0 aliphatic rings. The first kappa shape index (κ1) is 15.9. The van der Waals surface area contributed by atoms with Crippen molar-refractivity contribution in [2.75, 3.05) is 0 Å². The zero-order chi connectivity index (χ0) is 17.1. The molecule has 1 aromatic carbocycles. The zero-order valence-electron chi connectivity index (χ0n) is 13.4. The predicted molar refractivity (Wildman–Crippen MR) is 86.6 cm³/mol. The Bertz CT molecular complexity index is 931.